The van der Waals surface area contributed by atoms with Gasteiger partial charge in [0.25, 0.3) is 0 Å². The third-order valence-electron chi connectivity index (χ3n) is 4.15. The number of nitrogens with zero attached hydrogens (tertiary/aromatic N) is 1. The van der Waals surface area contributed by atoms with Gasteiger partial charge < -0.3 is 9.47 Å². The number of carbonyl (C=O) groups is 2. The molecule has 1 fully saturated rings. The van der Waals surface area contributed by atoms with E-state index in [1.54, 1.807) is 27.7 Å². The van der Waals surface area contributed by atoms with Crippen LogP contribution < -0.4 is 0 Å². The Balaban J connectivity index is 2.39. The number of amides is 1. The largest absolute Gasteiger partial charge is 0.463 e. The second kappa shape index (κ2) is 8.67. The zero-order chi connectivity index (χ0) is 21.1. The number of ether oxygens (including phenoxy) is 2. The maximum absolute atomic E-state index is 14.3. The maximum atomic E-state index is 14.3. The van der Waals surface area contributed by atoms with Crippen LogP contribution in [0.5, 0.6) is 0 Å². The summed E-state index contributed by atoms with van der Waals surface area (Å²) in [6, 6.07) is -0.471. The minimum atomic E-state index is -1.08. The van der Waals surface area contributed by atoms with E-state index in [0.29, 0.717) is 18.6 Å². The van der Waals surface area contributed by atoms with Gasteiger partial charge in [-0.1, -0.05) is 6.08 Å². The summed E-state index contributed by atoms with van der Waals surface area (Å²) in [5, 5.41) is 0. The van der Waals surface area contributed by atoms with Crippen LogP contribution in [0.25, 0.3) is 0 Å². The highest BCUT2D eigenvalue weighted by atomic mass is 19.1. The van der Waals surface area contributed by atoms with Gasteiger partial charge in [0.2, 0.25) is 0 Å². The minimum Gasteiger partial charge on any atom is -0.463 e. The van der Waals surface area contributed by atoms with E-state index in [1.165, 1.54) is 17.1 Å². The molecule has 2 rings (SSSR count). The van der Waals surface area contributed by atoms with Gasteiger partial charge in [-0.2, -0.15) is 0 Å². The number of benzene rings is 1. The van der Waals surface area contributed by atoms with Crippen molar-refractivity contribution in [3.05, 3.63) is 47.3 Å². The van der Waals surface area contributed by atoms with Crippen molar-refractivity contribution in [1.29, 1.82) is 0 Å². The fourth-order valence-corrected chi connectivity index (χ4v) is 3.14. The van der Waals surface area contributed by atoms with Gasteiger partial charge in [-0.3, -0.25) is 4.90 Å². The molecule has 1 aromatic rings. The summed E-state index contributed by atoms with van der Waals surface area (Å²) in [6.07, 6.45) is 2.40. The molecule has 1 aromatic carbocycles. The summed E-state index contributed by atoms with van der Waals surface area (Å²) < 4.78 is 52.1. The lowest BCUT2D eigenvalue weighted by atomic mass is 10.0. The van der Waals surface area contributed by atoms with Gasteiger partial charge in [0.05, 0.1) is 18.7 Å². The molecule has 1 amide bonds. The average Bonchev–Trinajstić information content (AvgIpc) is 2.94. The molecule has 28 heavy (non-hydrogen) atoms. The van der Waals surface area contributed by atoms with Crippen LogP contribution in [-0.4, -0.2) is 35.2 Å². The molecule has 154 valence electrons. The highest BCUT2D eigenvalue weighted by molar-refractivity contribution is 5.82. The van der Waals surface area contributed by atoms with Gasteiger partial charge in [-0.05, 0) is 40.5 Å². The number of halogens is 3. The van der Waals surface area contributed by atoms with Crippen LogP contribution in [-0.2, 0) is 14.3 Å². The molecule has 0 aliphatic carbocycles. The summed E-state index contributed by atoms with van der Waals surface area (Å²) in [7, 11) is 0. The first-order valence-electron chi connectivity index (χ1n) is 9.04. The van der Waals surface area contributed by atoms with Crippen LogP contribution in [0.2, 0.25) is 0 Å². The first-order chi connectivity index (χ1) is 13.0. The van der Waals surface area contributed by atoms with Crippen LogP contribution >= 0.6 is 0 Å². The number of hydrogen-bond acceptors (Lipinski definition) is 4. The molecule has 0 spiro atoms. The summed E-state index contributed by atoms with van der Waals surface area (Å²) in [5.74, 6) is -3.79. The van der Waals surface area contributed by atoms with E-state index < -0.39 is 52.8 Å². The Bertz CT molecular complexity index is 750. The van der Waals surface area contributed by atoms with Crippen molar-refractivity contribution in [2.24, 2.45) is 0 Å². The zero-order valence-electron chi connectivity index (χ0n) is 16.3. The van der Waals surface area contributed by atoms with Crippen LogP contribution in [0.4, 0.5) is 18.0 Å². The first-order valence-corrected chi connectivity index (χ1v) is 9.04. The zero-order valence-corrected chi connectivity index (χ0v) is 16.3. The van der Waals surface area contributed by atoms with Gasteiger partial charge in [0.15, 0.2) is 0 Å². The van der Waals surface area contributed by atoms with E-state index in [4.69, 9.17) is 9.47 Å². The number of rotatable bonds is 4. The Labute approximate surface area is 162 Å². The van der Waals surface area contributed by atoms with E-state index >= 15 is 0 Å². The fraction of sp³-hybridized carbons (Fsp3) is 0.500. The highest BCUT2D eigenvalue weighted by Gasteiger charge is 2.41. The molecule has 0 N–H and O–H groups in total. The second-order valence-corrected chi connectivity index (χ2v) is 7.44. The van der Waals surface area contributed by atoms with Crippen molar-refractivity contribution >= 4 is 12.1 Å². The Morgan fingerprint density at radius 3 is 2.32 bits per heavy atom. The maximum Gasteiger partial charge on any atom is 0.411 e. The third-order valence-corrected chi connectivity index (χ3v) is 4.15. The van der Waals surface area contributed by atoms with Crippen LogP contribution in [0.1, 0.15) is 52.1 Å². The molecule has 1 heterocycles. The number of esters is 1. The lowest BCUT2D eigenvalue weighted by Crippen LogP contribution is -2.41. The van der Waals surface area contributed by atoms with Crippen LogP contribution in [0, 0.1) is 17.5 Å². The third kappa shape index (κ3) is 5.27. The SMILES string of the molecule is CCOC(=O)C=C[C@H]1CC[C@@H](c2c(F)cc(F)cc2F)N1C(=O)OC(C)(C)C. The van der Waals surface area contributed by atoms with Gasteiger partial charge in [0, 0.05) is 23.8 Å². The Kier molecular flexibility index (Phi) is 6.74. The first kappa shape index (κ1) is 21.8. The predicted molar refractivity (Wildman–Crippen MR) is 95.9 cm³/mol. The Morgan fingerprint density at radius 2 is 1.79 bits per heavy atom. The average molecular weight is 399 g/mol. The minimum absolute atomic E-state index is 0.193. The molecule has 0 unspecified atom stereocenters. The normalized spacial score (nSPS) is 19.9. The molecule has 2 atom stereocenters. The lowest BCUT2D eigenvalue weighted by Gasteiger charge is -2.32. The number of hydrogen-bond donors (Lipinski definition) is 0. The topological polar surface area (TPSA) is 55.8 Å². The molecular weight excluding hydrogens is 375 g/mol. The summed E-state index contributed by atoms with van der Waals surface area (Å²) in [5.41, 5.74) is -1.24. The monoisotopic (exact) mass is 399 g/mol. The molecule has 0 saturated carbocycles. The van der Waals surface area contributed by atoms with Gasteiger partial charge in [-0.15, -0.1) is 0 Å². The van der Waals surface area contributed by atoms with Crippen molar-refractivity contribution in [3.8, 4) is 0 Å². The summed E-state index contributed by atoms with van der Waals surface area (Å²) >= 11 is 0. The molecule has 1 aliphatic heterocycles. The van der Waals surface area contributed by atoms with Gasteiger partial charge in [0.1, 0.15) is 23.1 Å². The molecule has 0 aromatic heterocycles. The lowest BCUT2D eigenvalue weighted by molar-refractivity contribution is -0.137. The summed E-state index contributed by atoms with van der Waals surface area (Å²) in [6.45, 7) is 6.85. The predicted octanol–water partition coefficient (Wildman–Crippen LogP) is 4.66. The fourth-order valence-electron chi connectivity index (χ4n) is 3.14. The standard InChI is InChI=1S/C20H24F3NO4/c1-5-27-17(25)9-7-13-6-8-16(24(13)19(26)28-20(2,3)4)18-14(22)10-12(21)11-15(18)23/h7,9-11,13,16H,5-6,8H2,1-4H3/t13-,16+/m1/s1. The van der Waals surface area contributed by atoms with Crippen molar-refractivity contribution < 1.29 is 32.2 Å². The van der Waals surface area contributed by atoms with E-state index in [2.05, 4.69) is 0 Å². The van der Waals surface area contributed by atoms with Crippen LogP contribution in [0.3, 0.4) is 0 Å². The Morgan fingerprint density at radius 1 is 1.18 bits per heavy atom. The van der Waals surface area contributed by atoms with Crippen LogP contribution in [0.15, 0.2) is 24.3 Å². The van der Waals surface area contributed by atoms with E-state index in [1.807, 2.05) is 0 Å². The van der Waals surface area contributed by atoms with E-state index in [0.717, 1.165) is 0 Å². The van der Waals surface area contributed by atoms with Gasteiger partial charge >= 0.3 is 12.1 Å². The molecule has 1 saturated heterocycles. The molecule has 1 aliphatic rings. The van der Waals surface area contributed by atoms with E-state index in [-0.39, 0.29) is 13.0 Å². The molecule has 0 radical (unpaired) electrons. The Hall–Kier alpha value is -2.51. The number of carbonyl (C=O) groups excluding carboxylic acids is 2. The smallest absolute Gasteiger partial charge is 0.411 e. The molecule has 0 bridgehead atoms. The quantitative estimate of drug-likeness (QED) is 0.546. The van der Waals surface area contributed by atoms with Crippen molar-refractivity contribution in [3.63, 3.8) is 0 Å². The highest BCUT2D eigenvalue weighted by Crippen LogP contribution is 2.40. The molecule has 8 heteroatoms. The molecular formula is C20H24F3NO4. The number of likely N-dealkylation sites (tertiary alicyclic amines) is 1. The van der Waals surface area contributed by atoms with Gasteiger partial charge in [-0.25, -0.2) is 22.8 Å². The molecule has 5 nitrogen and oxygen atoms in total. The van der Waals surface area contributed by atoms with Crippen molar-refractivity contribution in [2.75, 3.05) is 6.61 Å². The van der Waals surface area contributed by atoms with E-state index in [9.17, 15) is 22.8 Å². The second-order valence-electron chi connectivity index (χ2n) is 7.44. The van der Waals surface area contributed by atoms with Crippen molar-refractivity contribution in [1.82, 2.24) is 4.90 Å². The summed E-state index contributed by atoms with van der Waals surface area (Å²) in [4.78, 5) is 25.5. The van der Waals surface area contributed by atoms with Crippen molar-refractivity contribution in [2.45, 2.75) is 58.2 Å².